The Kier molecular flexibility index (Phi) is 4.45. The zero-order valence-electron chi connectivity index (χ0n) is 20.2. The Morgan fingerprint density at radius 2 is 2.00 bits per heavy atom. The van der Waals surface area contributed by atoms with Gasteiger partial charge >= 0.3 is 6.61 Å². The van der Waals surface area contributed by atoms with Gasteiger partial charge in [0, 0.05) is 16.7 Å². The number of hydrogen-bond donors (Lipinski definition) is 0. The second-order valence-corrected chi connectivity index (χ2v) is 7.98. The molecule has 0 bridgehead atoms. The summed E-state index contributed by atoms with van der Waals surface area (Å²) in [6.45, 7) is -3.22. The molecule has 0 saturated heterocycles. The molecule has 0 aliphatic carbocycles. The summed E-state index contributed by atoms with van der Waals surface area (Å²) < 4.78 is 61.5. The first-order valence-corrected chi connectivity index (χ1v) is 10.7. The standard InChI is InChI=1S/C23H18F2N4O3S/c1-3-31-23-27-20-19(33-23)11-16(13-4-9-17-18(10-13)28(2)12-26-17)21(30)29(20)14-5-7-15(8-6-14)32-22(24)25/h4-12,22H,3H2,1-2H3/i2D3. The normalized spacial score (nSPS) is 13.3. The number of benzene rings is 2. The number of nitrogens with zero attached hydrogens (tertiary/aromatic N) is 4. The highest BCUT2D eigenvalue weighted by atomic mass is 32.1. The van der Waals surface area contributed by atoms with Crippen LogP contribution in [0.25, 0.3) is 38.2 Å². The molecule has 0 N–H and O–H groups in total. The molecule has 0 atom stereocenters. The minimum absolute atomic E-state index is 0.0501. The highest BCUT2D eigenvalue weighted by Crippen LogP contribution is 2.32. The van der Waals surface area contributed by atoms with Crippen LogP contribution in [-0.4, -0.2) is 32.3 Å². The molecule has 5 rings (SSSR count). The zero-order valence-corrected chi connectivity index (χ0v) is 18.0. The first-order chi connectivity index (χ1) is 17.2. The van der Waals surface area contributed by atoms with E-state index in [0.717, 1.165) is 4.57 Å². The predicted molar refractivity (Wildman–Crippen MR) is 123 cm³/mol. The van der Waals surface area contributed by atoms with Gasteiger partial charge in [0.25, 0.3) is 10.8 Å². The van der Waals surface area contributed by atoms with Crippen molar-refractivity contribution in [2.75, 3.05) is 6.61 Å². The van der Waals surface area contributed by atoms with Crippen LogP contribution >= 0.6 is 11.3 Å². The number of halogens is 2. The fourth-order valence-corrected chi connectivity index (χ4v) is 4.45. The molecule has 10 heteroatoms. The van der Waals surface area contributed by atoms with Crippen molar-refractivity contribution in [3.63, 3.8) is 0 Å². The van der Waals surface area contributed by atoms with Gasteiger partial charge in [-0.05, 0) is 55.0 Å². The van der Waals surface area contributed by atoms with Gasteiger partial charge in [-0.1, -0.05) is 17.4 Å². The molecule has 3 heterocycles. The fraction of sp³-hybridized carbons (Fsp3) is 0.174. The molecule has 0 aliphatic heterocycles. The van der Waals surface area contributed by atoms with Gasteiger partial charge in [-0.2, -0.15) is 13.8 Å². The van der Waals surface area contributed by atoms with Crippen molar-refractivity contribution in [2.24, 2.45) is 6.98 Å². The first-order valence-electron chi connectivity index (χ1n) is 11.4. The van der Waals surface area contributed by atoms with Crippen molar-refractivity contribution in [1.29, 1.82) is 0 Å². The van der Waals surface area contributed by atoms with Gasteiger partial charge < -0.3 is 14.0 Å². The van der Waals surface area contributed by atoms with E-state index in [1.807, 2.05) is 6.92 Å². The van der Waals surface area contributed by atoms with Crippen LogP contribution in [0.2, 0.25) is 0 Å². The number of alkyl halides is 2. The smallest absolute Gasteiger partial charge is 0.387 e. The predicted octanol–water partition coefficient (Wildman–Crippen LogP) is 5.00. The maximum atomic E-state index is 13.8. The van der Waals surface area contributed by atoms with Crippen LogP contribution in [0.3, 0.4) is 0 Å². The Morgan fingerprint density at radius 3 is 2.73 bits per heavy atom. The number of thiazole rings is 1. The summed E-state index contributed by atoms with van der Waals surface area (Å²) in [5.74, 6) is -0.0501. The van der Waals surface area contributed by atoms with Crippen LogP contribution in [0.15, 0.2) is 59.7 Å². The second-order valence-electron chi connectivity index (χ2n) is 6.99. The van der Waals surface area contributed by atoms with Crippen molar-refractivity contribution in [3.8, 4) is 27.8 Å². The van der Waals surface area contributed by atoms with Crippen molar-refractivity contribution in [3.05, 3.63) is 65.2 Å². The van der Waals surface area contributed by atoms with Gasteiger partial charge in [0.1, 0.15) is 5.75 Å². The van der Waals surface area contributed by atoms with Gasteiger partial charge in [0.2, 0.25) is 0 Å². The average molecular weight is 472 g/mol. The lowest BCUT2D eigenvalue weighted by Crippen LogP contribution is -2.20. The highest BCUT2D eigenvalue weighted by Gasteiger charge is 2.18. The van der Waals surface area contributed by atoms with Gasteiger partial charge in [0.05, 0.1) is 34.4 Å². The lowest BCUT2D eigenvalue weighted by molar-refractivity contribution is -0.0498. The molecule has 0 unspecified atom stereocenters. The number of rotatable bonds is 6. The lowest BCUT2D eigenvalue weighted by atomic mass is 10.1. The summed E-state index contributed by atoms with van der Waals surface area (Å²) in [5.41, 5.74) is 1.90. The lowest BCUT2D eigenvalue weighted by Gasteiger charge is -2.11. The van der Waals surface area contributed by atoms with Gasteiger partial charge in [-0.25, -0.2) is 4.98 Å². The van der Waals surface area contributed by atoms with E-state index in [1.54, 1.807) is 24.3 Å². The van der Waals surface area contributed by atoms with Crippen molar-refractivity contribution >= 4 is 32.7 Å². The molecule has 7 nitrogen and oxygen atoms in total. The summed E-state index contributed by atoms with van der Waals surface area (Å²) in [4.78, 5) is 22.4. The molecule has 0 aliphatic rings. The van der Waals surface area contributed by atoms with E-state index in [9.17, 15) is 13.6 Å². The quantitative estimate of drug-likeness (QED) is 0.349. The van der Waals surface area contributed by atoms with Gasteiger partial charge in [-0.3, -0.25) is 9.36 Å². The van der Waals surface area contributed by atoms with E-state index in [-0.39, 0.29) is 5.75 Å². The van der Waals surface area contributed by atoms with Crippen LogP contribution in [0.5, 0.6) is 10.9 Å². The van der Waals surface area contributed by atoms with Gasteiger partial charge in [-0.15, -0.1) is 0 Å². The minimum atomic E-state index is -2.97. The third-order valence-electron chi connectivity index (χ3n) is 4.98. The summed E-state index contributed by atoms with van der Waals surface area (Å²) in [7, 11) is 0. The van der Waals surface area contributed by atoms with Crippen LogP contribution in [-0.2, 0) is 6.98 Å². The maximum Gasteiger partial charge on any atom is 0.387 e. The fourth-order valence-electron chi connectivity index (χ4n) is 3.55. The Labute approximate surface area is 194 Å². The summed E-state index contributed by atoms with van der Waals surface area (Å²) in [6.07, 6.45) is 1.24. The zero-order chi connectivity index (χ0) is 25.6. The van der Waals surface area contributed by atoms with E-state index < -0.39 is 19.1 Å². The van der Waals surface area contributed by atoms with Gasteiger partial charge in [0.15, 0.2) is 5.65 Å². The maximum absolute atomic E-state index is 13.8. The van der Waals surface area contributed by atoms with E-state index in [1.165, 1.54) is 46.5 Å². The van der Waals surface area contributed by atoms with E-state index in [0.29, 0.717) is 50.0 Å². The highest BCUT2D eigenvalue weighted by molar-refractivity contribution is 7.20. The molecule has 0 fully saturated rings. The number of aromatic nitrogens is 4. The molecular formula is C23H18F2N4O3S. The Bertz CT molecular complexity index is 1630. The summed E-state index contributed by atoms with van der Waals surface area (Å²) in [6, 6.07) is 12.3. The average Bonchev–Trinajstić information content (AvgIpc) is 3.42. The van der Waals surface area contributed by atoms with Crippen molar-refractivity contribution in [2.45, 2.75) is 13.5 Å². The van der Waals surface area contributed by atoms with Crippen molar-refractivity contribution in [1.82, 2.24) is 19.1 Å². The topological polar surface area (TPSA) is 71.2 Å². The van der Waals surface area contributed by atoms with E-state index in [2.05, 4.69) is 14.7 Å². The third kappa shape index (κ3) is 3.82. The molecule has 168 valence electrons. The number of aryl methyl sites for hydroxylation is 1. The SMILES string of the molecule is [2H]C([2H])([2H])n1cnc2ccc(-c3cc4sc(OCC)nc4n(-c4ccc(OC(F)F)cc4)c3=O)cc21. The van der Waals surface area contributed by atoms with Crippen LogP contribution in [0.1, 0.15) is 11.0 Å². The summed E-state index contributed by atoms with van der Waals surface area (Å²) >= 11 is 1.25. The summed E-state index contributed by atoms with van der Waals surface area (Å²) in [5, 5.41) is 0.367. The number of hydrogen-bond acceptors (Lipinski definition) is 6. The number of ether oxygens (including phenoxy) is 2. The van der Waals surface area contributed by atoms with Crippen LogP contribution in [0, 0.1) is 0 Å². The Balaban J connectivity index is 1.73. The molecule has 5 aromatic rings. The monoisotopic (exact) mass is 471 g/mol. The molecular weight excluding hydrogens is 450 g/mol. The Morgan fingerprint density at radius 1 is 1.18 bits per heavy atom. The molecule has 0 spiro atoms. The van der Waals surface area contributed by atoms with E-state index >= 15 is 0 Å². The number of fused-ring (bicyclic) bond motifs is 2. The minimum Gasteiger partial charge on any atom is -0.470 e. The Hall–Kier alpha value is -3.79. The van der Waals surface area contributed by atoms with Crippen LogP contribution < -0.4 is 15.0 Å². The second kappa shape index (κ2) is 8.28. The number of imidazole rings is 1. The molecule has 2 aromatic carbocycles. The van der Waals surface area contributed by atoms with Crippen molar-refractivity contribution < 1.29 is 22.4 Å². The van der Waals surface area contributed by atoms with E-state index in [4.69, 9.17) is 8.85 Å². The molecule has 0 amide bonds. The first kappa shape index (κ1) is 17.7. The third-order valence-corrected chi connectivity index (χ3v) is 5.89. The largest absolute Gasteiger partial charge is 0.470 e. The molecule has 3 aromatic heterocycles. The molecule has 33 heavy (non-hydrogen) atoms. The van der Waals surface area contributed by atoms with Crippen LogP contribution in [0.4, 0.5) is 8.78 Å². The molecule has 0 saturated carbocycles. The number of pyridine rings is 1. The molecule has 0 radical (unpaired) electrons.